The lowest BCUT2D eigenvalue weighted by atomic mass is 10.2. The highest BCUT2D eigenvalue weighted by atomic mass is 32.2. The number of rotatable bonds is 8. The highest BCUT2D eigenvalue weighted by Crippen LogP contribution is 2.23. The lowest BCUT2D eigenvalue weighted by Crippen LogP contribution is -2.35. The van der Waals surface area contributed by atoms with Crippen molar-refractivity contribution >= 4 is 21.6 Å². The van der Waals surface area contributed by atoms with Crippen LogP contribution in [-0.4, -0.2) is 41.7 Å². The Balaban J connectivity index is 1.72. The number of nitrogens with zero attached hydrogens (tertiary/aromatic N) is 4. The Hall–Kier alpha value is -3.20. The van der Waals surface area contributed by atoms with E-state index in [1.807, 2.05) is 13.0 Å². The van der Waals surface area contributed by atoms with Crippen molar-refractivity contribution in [1.29, 1.82) is 0 Å². The predicted octanol–water partition coefficient (Wildman–Crippen LogP) is 2.31. The second-order valence-electron chi connectivity index (χ2n) is 6.52. The summed E-state index contributed by atoms with van der Waals surface area (Å²) in [6.07, 6.45) is 3.01. The standard InChI is InChI=1S/C20H23N5O3S/c1-3-25(18-7-5-4-6-8-18)29(27,28)19-11-9-17(10-12-19)20(26)23-16(2)13-24-15-21-14-22-24/h4-12,14-16H,3,13H2,1-2H3,(H,23,26). The molecule has 1 aromatic heterocycles. The van der Waals surface area contributed by atoms with Crippen LogP contribution in [-0.2, 0) is 16.6 Å². The molecule has 0 saturated heterocycles. The molecule has 29 heavy (non-hydrogen) atoms. The first-order valence-electron chi connectivity index (χ1n) is 9.23. The fourth-order valence-corrected chi connectivity index (χ4v) is 4.43. The molecule has 2 aromatic carbocycles. The first-order chi connectivity index (χ1) is 13.9. The van der Waals surface area contributed by atoms with Crippen molar-refractivity contribution in [2.75, 3.05) is 10.8 Å². The molecule has 0 radical (unpaired) electrons. The Morgan fingerprint density at radius 3 is 2.41 bits per heavy atom. The Morgan fingerprint density at radius 1 is 1.14 bits per heavy atom. The first-order valence-corrected chi connectivity index (χ1v) is 10.7. The van der Waals surface area contributed by atoms with Crippen molar-refractivity contribution < 1.29 is 13.2 Å². The topological polar surface area (TPSA) is 97.2 Å². The van der Waals surface area contributed by atoms with Crippen LogP contribution in [0.5, 0.6) is 0 Å². The number of carbonyl (C=O) groups excluding carboxylic acids is 1. The van der Waals surface area contributed by atoms with Gasteiger partial charge in [-0.3, -0.25) is 13.8 Å². The van der Waals surface area contributed by atoms with Gasteiger partial charge in [0.05, 0.1) is 17.1 Å². The van der Waals surface area contributed by atoms with Gasteiger partial charge in [-0.05, 0) is 50.2 Å². The van der Waals surface area contributed by atoms with Gasteiger partial charge < -0.3 is 5.32 Å². The quantitative estimate of drug-likeness (QED) is 0.611. The first kappa shape index (κ1) is 20.5. The van der Waals surface area contributed by atoms with Gasteiger partial charge >= 0.3 is 0 Å². The Kier molecular flexibility index (Phi) is 6.28. The fraction of sp³-hybridized carbons (Fsp3) is 0.250. The molecule has 1 atom stereocenters. The van der Waals surface area contributed by atoms with E-state index in [0.29, 0.717) is 24.3 Å². The third-order valence-corrected chi connectivity index (χ3v) is 6.26. The highest BCUT2D eigenvalue weighted by Gasteiger charge is 2.23. The summed E-state index contributed by atoms with van der Waals surface area (Å²) < 4.78 is 29.0. The van der Waals surface area contributed by atoms with Crippen LogP contribution in [0, 0.1) is 0 Å². The van der Waals surface area contributed by atoms with Gasteiger partial charge in [0.1, 0.15) is 12.7 Å². The van der Waals surface area contributed by atoms with Crippen molar-refractivity contribution in [3.63, 3.8) is 0 Å². The fourth-order valence-electron chi connectivity index (χ4n) is 2.95. The van der Waals surface area contributed by atoms with E-state index in [1.54, 1.807) is 42.2 Å². The molecule has 0 aliphatic rings. The zero-order valence-corrected chi connectivity index (χ0v) is 17.1. The van der Waals surface area contributed by atoms with Gasteiger partial charge in [-0.25, -0.2) is 13.4 Å². The summed E-state index contributed by atoms with van der Waals surface area (Å²) >= 11 is 0. The van der Waals surface area contributed by atoms with Crippen molar-refractivity contribution in [3.8, 4) is 0 Å². The molecule has 1 amide bonds. The van der Waals surface area contributed by atoms with Crippen molar-refractivity contribution in [2.45, 2.75) is 31.3 Å². The Morgan fingerprint density at radius 2 is 1.83 bits per heavy atom. The van der Waals surface area contributed by atoms with Gasteiger partial charge in [0.2, 0.25) is 0 Å². The SMILES string of the molecule is CCN(c1ccccc1)S(=O)(=O)c1ccc(C(=O)NC(C)Cn2cncn2)cc1. The van der Waals surface area contributed by atoms with Crippen LogP contribution in [0.3, 0.4) is 0 Å². The highest BCUT2D eigenvalue weighted by molar-refractivity contribution is 7.92. The number of hydrogen-bond acceptors (Lipinski definition) is 5. The Bertz CT molecular complexity index is 1040. The molecule has 0 spiro atoms. The van der Waals surface area contributed by atoms with Gasteiger partial charge in [0.15, 0.2) is 0 Å². The smallest absolute Gasteiger partial charge is 0.264 e. The number of aromatic nitrogens is 3. The summed E-state index contributed by atoms with van der Waals surface area (Å²) in [7, 11) is -3.72. The number of amides is 1. The van der Waals surface area contributed by atoms with E-state index in [9.17, 15) is 13.2 Å². The minimum Gasteiger partial charge on any atom is -0.348 e. The zero-order valence-electron chi connectivity index (χ0n) is 16.3. The lowest BCUT2D eigenvalue weighted by Gasteiger charge is -2.23. The summed E-state index contributed by atoms with van der Waals surface area (Å²) in [6, 6.07) is 14.7. The molecule has 1 N–H and O–H groups in total. The van der Waals surface area contributed by atoms with E-state index < -0.39 is 10.0 Å². The summed E-state index contributed by atoms with van der Waals surface area (Å²) in [4.78, 5) is 16.4. The van der Waals surface area contributed by atoms with E-state index in [0.717, 1.165) is 0 Å². The molecule has 152 valence electrons. The van der Waals surface area contributed by atoms with Gasteiger partial charge in [-0.1, -0.05) is 18.2 Å². The van der Waals surface area contributed by atoms with Gasteiger partial charge in [0.25, 0.3) is 15.9 Å². The summed E-state index contributed by atoms with van der Waals surface area (Å²) in [5.41, 5.74) is 0.982. The number of nitrogens with one attached hydrogen (secondary N) is 1. The van der Waals surface area contributed by atoms with E-state index >= 15 is 0 Å². The molecule has 0 saturated carbocycles. The van der Waals surface area contributed by atoms with Gasteiger partial charge in [-0.15, -0.1) is 0 Å². The minimum atomic E-state index is -3.72. The zero-order chi connectivity index (χ0) is 20.9. The second-order valence-corrected chi connectivity index (χ2v) is 8.38. The van der Waals surface area contributed by atoms with Crippen molar-refractivity contribution in [2.24, 2.45) is 0 Å². The summed E-state index contributed by atoms with van der Waals surface area (Å²) in [5.74, 6) is -0.281. The minimum absolute atomic E-state index is 0.135. The molecule has 0 aliphatic carbocycles. The number of benzene rings is 2. The van der Waals surface area contributed by atoms with Gasteiger partial charge in [0, 0.05) is 18.2 Å². The maximum Gasteiger partial charge on any atom is 0.264 e. The van der Waals surface area contributed by atoms with Crippen molar-refractivity contribution in [1.82, 2.24) is 20.1 Å². The van der Waals surface area contributed by atoms with Crippen LogP contribution in [0.4, 0.5) is 5.69 Å². The molecular formula is C20H23N5O3S. The molecule has 8 nitrogen and oxygen atoms in total. The van der Waals surface area contributed by atoms with Crippen LogP contribution < -0.4 is 9.62 Å². The third kappa shape index (κ3) is 4.80. The Labute approximate surface area is 170 Å². The molecule has 1 heterocycles. The molecule has 0 bridgehead atoms. The van der Waals surface area contributed by atoms with Crippen molar-refractivity contribution in [3.05, 3.63) is 72.8 Å². The van der Waals surface area contributed by atoms with Crippen LogP contribution in [0.15, 0.2) is 72.1 Å². The lowest BCUT2D eigenvalue weighted by molar-refractivity contribution is 0.0936. The molecule has 1 unspecified atom stereocenters. The number of hydrogen-bond donors (Lipinski definition) is 1. The van der Waals surface area contributed by atoms with Crippen LogP contribution >= 0.6 is 0 Å². The maximum atomic E-state index is 13.0. The average Bonchev–Trinajstić information content (AvgIpc) is 3.22. The normalized spacial score (nSPS) is 12.3. The molecular weight excluding hydrogens is 390 g/mol. The largest absolute Gasteiger partial charge is 0.348 e. The van der Waals surface area contributed by atoms with Crippen LogP contribution in [0.25, 0.3) is 0 Å². The molecule has 0 fully saturated rings. The van der Waals surface area contributed by atoms with Crippen LogP contribution in [0.1, 0.15) is 24.2 Å². The number of para-hydroxylation sites is 1. The molecule has 0 aliphatic heterocycles. The summed E-state index contributed by atoms with van der Waals surface area (Å²) in [5, 5.41) is 6.87. The predicted molar refractivity (Wildman–Crippen MR) is 110 cm³/mol. The number of carbonyl (C=O) groups is 1. The maximum absolute atomic E-state index is 13.0. The summed E-state index contributed by atoms with van der Waals surface area (Å²) in [6.45, 7) is 4.43. The van der Waals surface area contributed by atoms with E-state index in [-0.39, 0.29) is 16.8 Å². The van der Waals surface area contributed by atoms with E-state index in [1.165, 1.54) is 34.9 Å². The molecule has 3 rings (SSSR count). The average molecular weight is 414 g/mol. The number of anilines is 1. The van der Waals surface area contributed by atoms with Crippen LogP contribution in [0.2, 0.25) is 0 Å². The van der Waals surface area contributed by atoms with Gasteiger partial charge in [-0.2, -0.15) is 5.10 Å². The molecule has 3 aromatic rings. The monoisotopic (exact) mass is 413 g/mol. The molecule has 9 heteroatoms. The van der Waals surface area contributed by atoms with E-state index in [2.05, 4.69) is 15.4 Å². The third-order valence-electron chi connectivity index (χ3n) is 4.34. The van der Waals surface area contributed by atoms with E-state index in [4.69, 9.17) is 0 Å². The number of sulfonamides is 1. The second kappa shape index (κ2) is 8.87.